The predicted molar refractivity (Wildman–Crippen MR) is 78.7 cm³/mol. The molecule has 1 nitrogen and oxygen atoms in total. The lowest BCUT2D eigenvalue weighted by atomic mass is 9.94. The molecule has 0 spiro atoms. The van der Waals surface area contributed by atoms with Crippen LogP contribution in [0.2, 0.25) is 0 Å². The van der Waals surface area contributed by atoms with E-state index in [0.29, 0.717) is 0 Å². The second-order valence-electron chi connectivity index (χ2n) is 4.42. The van der Waals surface area contributed by atoms with Crippen LogP contribution in [0.1, 0.15) is 33.2 Å². The molecule has 90 valence electrons. The minimum Gasteiger partial charge on any atom is -0.320 e. The summed E-state index contributed by atoms with van der Waals surface area (Å²) in [7, 11) is 0. The molecule has 0 aliphatic heterocycles. The summed E-state index contributed by atoms with van der Waals surface area (Å²) in [6.45, 7) is 6.39. The fourth-order valence-corrected chi connectivity index (χ4v) is 3.97. The quantitative estimate of drug-likeness (QED) is 0.869. The molecule has 2 aromatic rings. The van der Waals surface area contributed by atoms with E-state index in [4.69, 9.17) is 5.73 Å². The van der Waals surface area contributed by atoms with Gasteiger partial charge in [-0.3, -0.25) is 0 Å². The minimum absolute atomic E-state index is 0.0371. The Morgan fingerprint density at radius 1 is 1.18 bits per heavy atom. The van der Waals surface area contributed by atoms with Gasteiger partial charge in [-0.15, -0.1) is 11.3 Å². The Bertz CT molecular complexity index is 522. The molecule has 1 atom stereocenters. The molecule has 0 saturated heterocycles. The first kappa shape index (κ1) is 12.8. The van der Waals surface area contributed by atoms with Gasteiger partial charge in [0.2, 0.25) is 0 Å². The summed E-state index contributed by atoms with van der Waals surface area (Å²) >= 11 is 5.26. The molecule has 1 heterocycles. The van der Waals surface area contributed by atoms with Crippen LogP contribution < -0.4 is 5.73 Å². The topological polar surface area (TPSA) is 26.0 Å². The normalized spacial score (nSPS) is 12.8. The summed E-state index contributed by atoms with van der Waals surface area (Å²) < 4.78 is 1.11. The Hall–Kier alpha value is -0.640. The van der Waals surface area contributed by atoms with Crippen LogP contribution in [0.4, 0.5) is 0 Å². The van der Waals surface area contributed by atoms with Crippen LogP contribution in [-0.2, 0) is 0 Å². The van der Waals surface area contributed by atoms with E-state index in [9.17, 15) is 0 Å². The lowest BCUT2D eigenvalue weighted by Gasteiger charge is -2.18. The standard InChI is InChI=1S/C14H16BrNS/c1-8-6-9(2)12(10(3)7-8)13(16)14-11(15)4-5-17-14/h4-7,13H,16H2,1-3H3. The molecule has 3 heteroatoms. The summed E-state index contributed by atoms with van der Waals surface area (Å²) in [5, 5.41) is 2.07. The number of nitrogens with two attached hydrogens (primary N) is 1. The maximum absolute atomic E-state index is 6.39. The fourth-order valence-electron chi connectivity index (χ4n) is 2.34. The SMILES string of the molecule is Cc1cc(C)c(C(N)c2sccc2Br)c(C)c1. The van der Waals surface area contributed by atoms with Crippen molar-refractivity contribution >= 4 is 27.3 Å². The number of rotatable bonds is 2. The summed E-state index contributed by atoms with van der Waals surface area (Å²) in [5.74, 6) is 0. The third-order valence-electron chi connectivity index (χ3n) is 2.98. The molecule has 1 aromatic heterocycles. The fraction of sp³-hybridized carbons (Fsp3) is 0.286. The van der Waals surface area contributed by atoms with Gasteiger partial charge in [0.1, 0.15) is 0 Å². The summed E-state index contributed by atoms with van der Waals surface area (Å²) in [6.07, 6.45) is 0. The van der Waals surface area contributed by atoms with Crippen molar-refractivity contribution in [3.05, 3.63) is 55.2 Å². The molecule has 0 bridgehead atoms. The molecule has 0 fully saturated rings. The summed E-state index contributed by atoms with van der Waals surface area (Å²) in [5.41, 5.74) is 11.5. The molecule has 2 rings (SSSR count). The highest BCUT2D eigenvalue weighted by molar-refractivity contribution is 9.10. The summed E-state index contributed by atoms with van der Waals surface area (Å²) in [4.78, 5) is 1.19. The first-order valence-electron chi connectivity index (χ1n) is 5.57. The zero-order chi connectivity index (χ0) is 12.6. The maximum Gasteiger partial charge on any atom is 0.0662 e. The van der Waals surface area contributed by atoms with E-state index in [1.807, 2.05) is 0 Å². The van der Waals surface area contributed by atoms with Gasteiger partial charge in [0.15, 0.2) is 0 Å². The molecule has 0 aliphatic carbocycles. The van der Waals surface area contributed by atoms with Gasteiger partial charge in [-0.05, 0) is 64.8 Å². The highest BCUT2D eigenvalue weighted by atomic mass is 79.9. The number of benzene rings is 1. The largest absolute Gasteiger partial charge is 0.320 e. The third-order valence-corrected chi connectivity index (χ3v) is 4.93. The molecule has 17 heavy (non-hydrogen) atoms. The molecular formula is C14H16BrNS. The number of thiophene rings is 1. The van der Waals surface area contributed by atoms with Crippen molar-refractivity contribution in [2.24, 2.45) is 5.73 Å². The van der Waals surface area contributed by atoms with Gasteiger partial charge in [-0.25, -0.2) is 0 Å². The lowest BCUT2D eigenvalue weighted by molar-refractivity contribution is 0.866. The smallest absolute Gasteiger partial charge is 0.0662 e. The molecule has 1 aromatic carbocycles. The zero-order valence-electron chi connectivity index (χ0n) is 10.3. The van der Waals surface area contributed by atoms with Gasteiger partial charge < -0.3 is 5.73 Å². The molecular weight excluding hydrogens is 294 g/mol. The Morgan fingerprint density at radius 3 is 2.24 bits per heavy atom. The molecule has 0 radical (unpaired) electrons. The van der Waals surface area contributed by atoms with E-state index >= 15 is 0 Å². The monoisotopic (exact) mass is 309 g/mol. The first-order chi connectivity index (χ1) is 8.00. The third kappa shape index (κ3) is 2.46. The number of aryl methyl sites for hydroxylation is 3. The second-order valence-corrected chi connectivity index (χ2v) is 6.22. The van der Waals surface area contributed by atoms with Crippen molar-refractivity contribution in [1.82, 2.24) is 0 Å². The molecule has 0 aliphatic rings. The van der Waals surface area contributed by atoms with Gasteiger partial charge in [0.05, 0.1) is 6.04 Å². The Labute approximate surface area is 115 Å². The molecule has 0 saturated carbocycles. The van der Waals surface area contributed by atoms with Crippen molar-refractivity contribution in [3.8, 4) is 0 Å². The van der Waals surface area contributed by atoms with E-state index in [1.54, 1.807) is 11.3 Å². The molecule has 1 unspecified atom stereocenters. The van der Waals surface area contributed by atoms with Crippen molar-refractivity contribution < 1.29 is 0 Å². The van der Waals surface area contributed by atoms with Crippen LogP contribution in [-0.4, -0.2) is 0 Å². The van der Waals surface area contributed by atoms with E-state index in [-0.39, 0.29) is 6.04 Å². The van der Waals surface area contributed by atoms with Crippen molar-refractivity contribution in [3.63, 3.8) is 0 Å². The summed E-state index contributed by atoms with van der Waals surface area (Å²) in [6, 6.07) is 6.41. The van der Waals surface area contributed by atoms with Crippen LogP contribution >= 0.6 is 27.3 Å². The highest BCUT2D eigenvalue weighted by Gasteiger charge is 2.17. The van der Waals surface area contributed by atoms with E-state index in [2.05, 4.69) is 60.3 Å². The number of hydrogen-bond donors (Lipinski definition) is 1. The van der Waals surface area contributed by atoms with Crippen LogP contribution in [0.3, 0.4) is 0 Å². The average molecular weight is 310 g/mol. The number of hydrogen-bond acceptors (Lipinski definition) is 2. The average Bonchev–Trinajstić information content (AvgIpc) is 2.62. The van der Waals surface area contributed by atoms with Gasteiger partial charge in [-0.2, -0.15) is 0 Å². The van der Waals surface area contributed by atoms with E-state index < -0.39 is 0 Å². The molecule has 2 N–H and O–H groups in total. The Balaban J connectivity index is 2.51. The zero-order valence-corrected chi connectivity index (χ0v) is 12.7. The van der Waals surface area contributed by atoms with Crippen LogP contribution in [0, 0.1) is 20.8 Å². The predicted octanol–water partition coefficient (Wildman–Crippen LogP) is 4.48. The van der Waals surface area contributed by atoms with Crippen molar-refractivity contribution in [2.75, 3.05) is 0 Å². The van der Waals surface area contributed by atoms with E-state index in [0.717, 1.165) is 4.47 Å². The Kier molecular flexibility index (Phi) is 3.71. The van der Waals surface area contributed by atoms with Crippen molar-refractivity contribution in [2.45, 2.75) is 26.8 Å². The highest BCUT2D eigenvalue weighted by Crippen LogP contribution is 2.34. The minimum atomic E-state index is -0.0371. The van der Waals surface area contributed by atoms with Gasteiger partial charge in [-0.1, -0.05) is 17.7 Å². The second kappa shape index (κ2) is 4.92. The Morgan fingerprint density at radius 2 is 1.76 bits per heavy atom. The first-order valence-corrected chi connectivity index (χ1v) is 7.24. The lowest BCUT2D eigenvalue weighted by Crippen LogP contribution is -2.14. The van der Waals surface area contributed by atoms with Crippen LogP contribution in [0.15, 0.2) is 28.1 Å². The van der Waals surface area contributed by atoms with Crippen molar-refractivity contribution in [1.29, 1.82) is 0 Å². The van der Waals surface area contributed by atoms with Crippen LogP contribution in [0.5, 0.6) is 0 Å². The molecule has 0 amide bonds. The van der Waals surface area contributed by atoms with Gasteiger partial charge >= 0.3 is 0 Å². The van der Waals surface area contributed by atoms with E-state index in [1.165, 1.54) is 27.1 Å². The van der Waals surface area contributed by atoms with Crippen LogP contribution in [0.25, 0.3) is 0 Å². The van der Waals surface area contributed by atoms with Gasteiger partial charge in [0.25, 0.3) is 0 Å². The number of halogens is 1. The maximum atomic E-state index is 6.39. The van der Waals surface area contributed by atoms with Gasteiger partial charge in [0, 0.05) is 9.35 Å².